The molecule has 1 rings (SSSR count). The SMILES string of the molecule is CC(Nc1cc(Br)ccc1N)C(C)(C)C. The molecule has 0 saturated carbocycles. The molecule has 0 bridgehead atoms. The Morgan fingerprint density at radius 1 is 1.33 bits per heavy atom. The van der Waals surface area contributed by atoms with Gasteiger partial charge in [-0.05, 0) is 30.5 Å². The Balaban J connectivity index is 2.85. The van der Waals surface area contributed by atoms with Crippen LogP contribution in [0.2, 0.25) is 0 Å². The Morgan fingerprint density at radius 2 is 1.93 bits per heavy atom. The van der Waals surface area contributed by atoms with E-state index in [1.165, 1.54) is 0 Å². The lowest BCUT2D eigenvalue weighted by molar-refractivity contribution is 0.359. The van der Waals surface area contributed by atoms with Gasteiger partial charge in [-0.15, -0.1) is 0 Å². The smallest absolute Gasteiger partial charge is 0.0587 e. The van der Waals surface area contributed by atoms with Gasteiger partial charge in [-0.2, -0.15) is 0 Å². The molecule has 1 aromatic rings. The number of hydrogen-bond donors (Lipinski definition) is 2. The zero-order valence-electron chi connectivity index (χ0n) is 9.76. The Labute approximate surface area is 100 Å². The van der Waals surface area contributed by atoms with Crippen LogP contribution in [0.25, 0.3) is 0 Å². The zero-order valence-corrected chi connectivity index (χ0v) is 11.4. The lowest BCUT2D eigenvalue weighted by Crippen LogP contribution is -2.31. The van der Waals surface area contributed by atoms with Crippen LogP contribution in [-0.4, -0.2) is 6.04 Å². The first-order valence-electron chi connectivity index (χ1n) is 5.12. The zero-order chi connectivity index (χ0) is 11.6. The Kier molecular flexibility index (Phi) is 3.66. The average molecular weight is 271 g/mol. The van der Waals surface area contributed by atoms with Crippen molar-refractivity contribution in [3.63, 3.8) is 0 Å². The maximum Gasteiger partial charge on any atom is 0.0587 e. The summed E-state index contributed by atoms with van der Waals surface area (Å²) in [7, 11) is 0. The fraction of sp³-hybridized carbons (Fsp3) is 0.500. The van der Waals surface area contributed by atoms with Crippen LogP contribution in [0.15, 0.2) is 22.7 Å². The largest absolute Gasteiger partial charge is 0.397 e. The second-order valence-electron chi connectivity index (χ2n) is 4.96. The summed E-state index contributed by atoms with van der Waals surface area (Å²) in [6.07, 6.45) is 0. The van der Waals surface area contributed by atoms with Crippen molar-refractivity contribution < 1.29 is 0 Å². The van der Waals surface area contributed by atoms with Gasteiger partial charge >= 0.3 is 0 Å². The maximum absolute atomic E-state index is 5.90. The normalized spacial score (nSPS) is 13.7. The van der Waals surface area contributed by atoms with E-state index in [1.807, 2.05) is 18.2 Å². The van der Waals surface area contributed by atoms with Gasteiger partial charge in [-0.3, -0.25) is 0 Å². The van der Waals surface area contributed by atoms with Crippen molar-refractivity contribution in [2.75, 3.05) is 11.1 Å². The van der Waals surface area contributed by atoms with E-state index in [4.69, 9.17) is 5.73 Å². The van der Waals surface area contributed by atoms with Gasteiger partial charge in [-0.25, -0.2) is 0 Å². The standard InChI is InChI=1S/C12H19BrN2/c1-8(12(2,3)4)15-11-7-9(13)5-6-10(11)14/h5-8,15H,14H2,1-4H3. The van der Waals surface area contributed by atoms with Crippen molar-refractivity contribution in [1.29, 1.82) is 0 Å². The fourth-order valence-corrected chi connectivity index (χ4v) is 1.46. The second-order valence-corrected chi connectivity index (χ2v) is 5.88. The van der Waals surface area contributed by atoms with Gasteiger partial charge in [0.2, 0.25) is 0 Å². The van der Waals surface area contributed by atoms with Crippen molar-refractivity contribution in [1.82, 2.24) is 0 Å². The van der Waals surface area contributed by atoms with Gasteiger partial charge in [0.1, 0.15) is 0 Å². The molecule has 0 spiro atoms. The summed E-state index contributed by atoms with van der Waals surface area (Å²) in [5, 5.41) is 3.44. The van der Waals surface area contributed by atoms with Crippen LogP contribution in [0.5, 0.6) is 0 Å². The van der Waals surface area contributed by atoms with Crippen LogP contribution >= 0.6 is 15.9 Å². The molecule has 1 unspecified atom stereocenters. The first kappa shape index (κ1) is 12.4. The van der Waals surface area contributed by atoms with Gasteiger partial charge in [-0.1, -0.05) is 36.7 Å². The number of nitrogen functional groups attached to an aromatic ring is 1. The molecular formula is C12H19BrN2. The molecule has 2 nitrogen and oxygen atoms in total. The highest BCUT2D eigenvalue weighted by atomic mass is 79.9. The number of rotatable bonds is 2. The second kappa shape index (κ2) is 4.44. The number of nitrogens with one attached hydrogen (secondary N) is 1. The first-order chi connectivity index (χ1) is 6.80. The molecular weight excluding hydrogens is 252 g/mol. The first-order valence-corrected chi connectivity index (χ1v) is 5.91. The summed E-state index contributed by atoms with van der Waals surface area (Å²) < 4.78 is 1.04. The molecule has 15 heavy (non-hydrogen) atoms. The summed E-state index contributed by atoms with van der Waals surface area (Å²) in [5.41, 5.74) is 7.89. The predicted octanol–water partition coefficient (Wildman–Crippen LogP) is 3.88. The Hall–Kier alpha value is -0.700. The van der Waals surface area contributed by atoms with Gasteiger partial charge in [0.15, 0.2) is 0 Å². The van der Waals surface area contributed by atoms with Crippen molar-refractivity contribution in [2.24, 2.45) is 5.41 Å². The van der Waals surface area contributed by atoms with E-state index < -0.39 is 0 Å². The minimum atomic E-state index is 0.217. The molecule has 3 N–H and O–H groups in total. The molecule has 0 aromatic heterocycles. The third kappa shape index (κ3) is 3.42. The third-order valence-electron chi connectivity index (χ3n) is 2.69. The minimum Gasteiger partial charge on any atom is -0.397 e. The molecule has 0 aliphatic carbocycles. The summed E-state index contributed by atoms with van der Waals surface area (Å²) in [4.78, 5) is 0. The molecule has 3 heteroatoms. The highest BCUT2D eigenvalue weighted by molar-refractivity contribution is 9.10. The Bertz CT molecular complexity index is 342. The van der Waals surface area contributed by atoms with Crippen LogP contribution in [0.1, 0.15) is 27.7 Å². The van der Waals surface area contributed by atoms with Crippen LogP contribution in [0, 0.1) is 5.41 Å². The molecule has 0 radical (unpaired) electrons. The molecule has 0 aliphatic rings. The van der Waals surface area contributed by atoms with Crippen molar-refractivity contribution in [3.05, 3.63) is 22.7 Å². The molecule has 1 atom stereocenters. The van der Waals surface area contributed by atoms with E-state index >= 15 is 0 Å². The molecule has 0 aliphatic heterocycles. The van der Waals surface area contributed by atoms with E-state index in [1.54, 1.807) is 0 Å². The van der Waals surface area contributed by atoms with E-state index in [-0.39, 0.29) is 5.41 Å². The summed E-state index contributed by atoms with van der Waals surface area (Å²) >= 11 is 3.44. The molecule has 0 fully saturated rings. The van der Waals surface area contributed by atoms with E-state index in [2.05, 4.69) is 48.9 Å². The quantitative estimate of drug-likeness (QED) is 0.801. The van der Waals surface area contributed by atoms with Crippen LogP contribution in [0.4, 0.5) is 11.4 Å². The minimum absolute atomic E-state index is 0.217. The molecule has 1 aromatic carbocycles. The number of benzene rings is 1. The van der Waals surface area contributed by atoms with Gasteiger partial charge in [0.25, 0.3) is 0 Å². The Morgan fingerprint density at radius 3 is 2.47 bits per heavy atom. The van der Waals surface area contributed by atoms with Gasteiger partial charge in [0, 0.05) is 10.5 Å². The lowest BCUT2D eigenvalue weighted by Gasteiger charge is -2.29. The number of hydrogen-bond acceptors (Lipinski definition) is 2. The van der Waals surface area contributed by atoms with Crippen LogP contribution in [0.3, 0.4) is 0 Å². The van der Waals surface area contributed by atoms with Gasteiger partial charge in [0.05, 0.1) is 11.4 Å². The fourth-order valence-electron chi connectivity index (χ4n) is 1.10. The monoisotopic (exact) mass is 270 g/mol. The van der Waals surface area contributed by atoms with E-state index in [0.29, 0.717) is 6.04 Å². The highest BCUT2D eigenvalue weighted by Crippen LogP contribution is 2.28. The topological polar surface area (TPSA) is 38.0 Å². The summed E-state index contributed by atoms with van der Waals surface area (Å²) in [6.45, 7) is 8.79. The summed E-state index contributed by atoms with van der Waals surface area (Å²) in [5.74, 6) is 0. The van der Waals surface area contributed by atoms with E-state index in [0.717, 1.165) is 15.8 Å². The van der Waals surface area contributed by atoms with Gasteiger partial charge < -0.3 is 11.1 Å². The number of nitrogens with two attached hydrogens (primary N) is 1. The van der Waals surface area contributed by atoms with Crippen molar-refractivity contribution in [2.45, 2.75) is 33.7 Å². The van der Waals surface area contributed by atoms with Crippen molar-refractivity contribution in [3.8, 4) is 0 Å². The molecule has 0 heterocycles. The molecule has 0 amide bonds. The maximum atomic E-state index is 5.90. The third-order valence-corrected chi connectivity index (χ3v) is 3.18. The predicted molar refractivity (Wildman–Crippen MR) is 71.1 cm³/mol. The molecule has 0 saturated heterocycles. The number of anilines is 2. The van der Waals surface area contributed by atoms with Crippen molar-refractivity contribution >= 4 is 27.3 Å². The van der Waals surface area contributed by atoms with Crippen LogP contribution in [-0.2, 0) is 0 Å². The molecule has 84 valence electrons. The summed E-state index contributed by atoms with van der Waals surface area (Å²) in [6, 6.07) is 6.23. The number of halogens is 1. The average Bonchev–Trinajstić information content (AvgIpc) is 2.09. The highest BCUT2D eigenvalue weighted by Gasteiger charge is 2.20. The van der Waals surface area contributed by atoms with Crippen LogP contribution < -0.4 is 11.1 Å². The lowest BCUT2D eigenvalue weighted by atomic mass is 9.88. The van der Waals surface area contributed by atoms with E-state index in [9.17, 15) is 0 Å².